The zero-order chi connectivity index (χ0) is 7.00. The number of halogens is 4. The van der Waals surface area contributed by atoms with Crippen LogP contribution in [0.5, 0.6) is 0 Å². The van der Waals surface area contributed by atoms with Crippen molar-refractivity contribution in [1.82, 2.24) is 0 Å². The molecule has 0 aliphatic carbocycles. The zero-order valence-electron chi connectivity index (χ0n) is 4.22. The quantitative estimate of drug-likeness (QED) is 0.330. The molecule has 10 heavy (non-hydrogen) atoms. The Balaban J connectivity index is -0.000000245. The summed E-state index contributed by atoms with van der Waals surface area (Å²) in [5.74, 6) is 0. The normalized spacial score (nSPS) is 11.2. The predicted octanol–water partition coefficient (Wildman–Crippen LogP) is -2.95. The van der Waals surface area contributed by atoms with Crippen molar-refractivity contribution < 1.29 is 64.4 Å². The van der Waals surface area contributed by atoms with Crippen LogP contribution in [0, 0.1) is 0 Å². The molecular formula is CClF3O3SSc. The standard InChI is InChI=1S/CHF3O3S.ClH.Sc/c2-1(3,4)8(5,6)7;;/h(H,5,6,7);1H;/q;;+2/p-2. The molecule has 0 fully saturated rings. The first-order valence-corrected chi connectivity index (χ1v) is 2.68. The van der Waals surface area contributed by atoms with E-state index < -0.39 is 15.6 Å². The molecule has 0 saturated carbocycles. The predicted molar refractivity (Wildman–Crippen MR) is 15.8 cm³/mol. The summed E-state index contributed by atoms with van der Waals surface area (Å²) in [6, 6.07) is 0. The molecule has 3 nitrogen and oxygen atoms in total. The molecule has 0 unspecified atom stereocenters. The van der Waals surface area contributed by atoms with Crippen molar-refractivity contribution in [2.75, 3.05) is 0 Å². The van der Waals surface area contributed by atoms with Gasteiger partial charge in [0.2, 0.25) is 0 Å². The van der Waals surface area contributed by atoms with Gasteiger partial charge in [-0.3, -0.25) is 0 Å². The van der Waals surface area contributed by atoms with E-state index in [4.69, 9.17) is 13.0 Å². The van der Waals surface area contributed by atoms with Crippen molar-refractivity contribution in [2.24, 2.45) is 0 Å². The largest absolute Gasteiger partial charge is 2.00 e. The monoisotopic (exact) mass is 229 g/mol. The Kier molecular flexibility index (Phi) is 8.00. The van der Waals surface area contributed by atoms with Crippen molar-refractivity contribution in [3.8, 4) is 0 Å². The summed E-state index contributed by atoms with van der Waals surface area (Å²) in [7, 11) is -6.09. The first kappa shape index (κ1) is 17.1. The number of rotatable bonds is 0. The van der Waals surface area contributed by atoms with Gasteiger partial charge in [-0.1, -0.05) is 0 Å². The van der Waals surface area contributed by atoms with Crippen LogP contribution in [0.3, 0.4) is 0 Å². The fourth-order valence-electron chi connectivity index (χ4n) is 0. The molecule has 0 heterocycles. The summed E-state index contributed by atoms with van der Waals surface area (Å²) >= 11 is 0. The van der Waals surface area contributed by atoms with E-state index in [2.05, 4.69) is 0 Å². The van der Waals surface area contributed by atoms with Crippen molar-refractivity contribution in [3.63, 3.8) is 0 Å². The van der Waals surface area contributed by atoms with Crippen LogP contribution in [0.2, 0.25) is 0 Å². The Labute approximate surface area is 79.9 Å². The summed E-state index contributed by atoms with van der Waals surface area (Å²) in [4.78, 5) is 0. The van der Waals surface area contributed by atoms with E-state index in [1.165, 1.54) is 0 Å². The summed E-state index contributed by atoms with van der Waals surface area (Å²) in [5.41, 5.74) is -5.65. The van der Waals surface area contributed by atoms with Crippen LogP contribution in [-0.2, 0) is 36.0 Å². The fourth-order valence-corrected chi connectivity index (χ4v) is 0. The molecule has 0 spiro atoms. The van der Waals surface area contributed by atoms with Gasteiger partial charge in [-0.05, 0) is 0 Å². The third-order valence-electron chi connectivity index (χ3n) is 0.283. The molecule has 0 saturated heterocycles. The van der Waals surface area contributed by atoms with Crippen LogP contribution >= 0.6 is 0 Å². The molecule has 0 rings (SSSR count). The second kappa shape index (κ2) is 4.68. The van der Waals surface area contributed by atoms with E-state index in [0.717, 1.165) is 0 Å². The molecule has 0 N–H and O–H groups in total. The Bertz CT molecular complexity index is 173. The first-order chi connectivity index (χ1) is 3.25. The van der Waals surface area contributed by atoms with Gasteiger partial charge in [0.25, 0.3) is 0 Å². The van der Waals surface area contributed by atoms with E-state index in [0.29, 0.717) is 0 Å². The van der Waals surface area contributed by atoms with E-state index in [9.17, 15) is 13.2 Å². The van der Waals surface area contributed by atoms with Gasteiger partial charge in [0.15, 0.2) is 10.1 Å². The minimum absolute atomic E-state index is 0. The van der Waals surface area contributed by atoms with Crippen molar-refractivity contribution >= 4 is 10.1 Å². The minimum atomic E-state index is -6.09. The van der Waals surface area contributed by atoms with Gasteiger partial charge in [-0.15, -0.1) is 0 Å². The van der Waals surface area contributed by atoms with Gasteiger partial charge in [-0.25, -0.2) is 8.42 Å². The molecule has 1 radical (unpaired) electrons. The van der Waals surface area contributed by atoms with Crippen LogP contribution in [0.4, 0.5) is 13.2 Å². The molecule has 0 aromatic rings. The third-order valence-corrected chi connectivity index (χ3v) is 0.850. The smallest absolute Gasteiger partial charge is 1.00 e. The Morgan fingerprint density at radius 3 is 1.30 bits per heavy atom. The zero-order valence-corrected chi connectivity index (χ0v) is 7.60. The Morgan fingerprint density at radius 2 is 1.30 bits per heavy atom. The van der Waals surface area contributed by atoms with Crippen molar-refractivity contribution in [2.45, 2.75) is 5.51 Å². The fraction of sp³-hybridized carbons (Fsp3) is 1.00. The topological polar surface area (TPSA) is 57.2 Å². The van der Waals surface area contributed by atoms with Crippen LogP contribution in [0.25, 0.3) is 0 Å². The number of alkyl halides is 3. The van der Waals surface area contributed by atoms with E-state index in [-0.39, 0.29) is 38.3 Å². The summed E-state index contributed by atoms with van der Waals surface area (Å²) < 4.78 is 58.9. The van der Waals surface area contributed by atoms with Gasteiger partial charge >= 0.3 is 31.4 Å². The number of hydrogen-bond acceptors (Lipinski definition) is 3. The molecule has 0 aromatic carbocycles. The van der Waals surface area contributed by atoms with E-state index in [1.807, 2.05) is 0 Å². The van der Waals surface area contributed by atoms with Crippen LogP contribution < -0.4 is 12.4 Å². The van der Waals surface area contributed by atoms with Crippen molar-refractivity contribution in [1.29, 1.82) is 0 Å². The maximum Gasteiger partial charge on any atom is 2.00 e. The first-order valence-electron chi connectivity index (χ1n) is 1.27. The van der Waals surface area contributed by atoms with Gasteiger partial charge in [0, 0.05) is 0 Å². The average Bonchev–Trinajstić information content (AvgIpc) is 1.25. The van der Waals surface area contributed by atoms with Crippen LogP contribution in [0.15, 0.2) is 0 Å². The molecule has 0 aromatic heterocycles. The molecule has 0 bridgehead atoms. The maximum atomic E-state index is 10.7. The second-order valence-corrected chi connectivity index (χ2v) is 2.27. The maximum absolute atomic E-state index is 10.7. The SMILES string of the molecule is O=S(=O)([O-])C(F)(F)F.[Cl-].[Sc+2]. The summed E-state index contributed by atoms with van der Waals surface area (Å²) in [5, 5.41) is 0. The summed E-state index contributed by atoms with van der Waals surface area (Å²) in [6.07, 6.45) is 0. The second-order valence-electron chi connectivity index (χ2n) is 0.900. The van der Waals surface area contributed by atoms with Gasteiger partial charge in [0.05, 0.1) is 0 Å². The molecular weight excluding hydrogens is 229 g/mol. The molecule has 9 heteroatoms. The number of hydrogen-bond donors (Lipinski definition) is 0. The van der Waals surface area contributed by atoms with Crippen molar-refractivity contribution in [3.05, 3.63) is 0 Å². The minimum Gasteiger partial charge on any atom is -1.00 e. The molecule has 0 aliphatic rings. The summed E-state index contributed by atoms with van der Waals surface area (Å²) in [6.45, 7) is 0. The van der Waals surface area contributed by atoms with E-state index in [1.54, 1.807) is 0 Å². The van der Waals surface area contributed by atoms with Crippen LogP contribution in [0.1, 0.15) is 0 Å². The average molecular weight is 229 g/mol. The van der Waals surface area contributed by atoms with E-state index >= 15 is 0 Å². The van der Waals surface area contributed by atoms with Crippen LogP contribution in [-0.4, -0.2) is 18.5 Å². The third kappa shape index (κ3) is 5.63. The Morgan fingerprint density at radius 1 is 1.20 bits per heavy atom. The molecule has 0 atom stereocenters. The van der Waals surface area contributed by atoms with Gasteiger partial charge in [-0.2, -0.15) is 13.2 Å². The van der Waals surface area contributed by atoms with Gasteiger partial charge < -0.3 is 17.0 Å². The Hall–Kier alpha value is 0.860. The van der Waals surface area contributed by atoms with Gasteiger partial charge in [0.1, 0.15) is 0 Å². The molecule has 0 aliphatic heterocycles. The molecule has 0 amide bonds. The molecule has 59 valence electrons.